The predicted octanol–water partition coefficient (Wildman–Crippen LogP) is -2.91. The third kappa shape index (κ3) is 0.697. The minimum Gasteiger partial charge on any atom is -0.378 e. The number of carbonyl (C=O) groups excluding carboxylic acids is 1. The zero-order chi connectivity index (χ0) is 7.14. The van der Waals surface area contributed by atoms with Crippen LogP contribution in [0.5, 0.6) is 0 Å². The fourth-order valence-corrected chi connectivity index (χ4v) is 1.66. The van der Waals surface area contributed by atoms with Crippen molar-refractivity contribution in [1.29, 1.82) is 0 Å². The van der Waals surface area contributed by atoms with Crippen molar-refractivity contribution in [2.24, 2.45) is 0 Å². The summed E-state index contributed by atoms with van der Waals surface area (Å²) in [7, 11) is 3.78. The Kier molecular flexibility index (Phi) is 1.26. The van der Waals surface area contributed by atoms with E-state index in [2.05, 4.69) is 17.8 Å². The molecule has 4 heteroatoms. The first-order chi connectivity index (χ1) is 4.79. The lowest BCUT2D eigenvalue weighted by atomic mass is 10.1. The number of hydrogen-bond donors (Lipinski definition) is 3. The average Bonchev–Trinajstić information content (AvgIpc) is 2.40. The number of ketones is 1. The molecule has 0 aliphatic carbocycles. The minimum absolute atomic E-state index is 0.0556. The molecule has 0 amide bonds. The van der Waals surface area contributed by atoms with Crippen LogP contribution in [0.3, 0.4) is 0 Å². The summed E-state index contributed by atoms with van der Waals surface area (Å²) in [5.41, 5.74) is 3.07. The lowest BCUT2D eigenvalue weighted by Crippen LogP contribution is -3.15. The molecule has 0 aromatic carbocycles. The van der Waals surface area contributed by atoms with Crippen LogP contribution in [0.15, 0.2) is 0 Å². The molecule has 56 valence electrons. The van der Waals surface area contributed by atoms with Gasteiger partial charge in [0.25, 0.3) is 0 Å². The van der Waals surface area contributed by atoms with Gasteiger partial charge in [-0.15, -0.1) is 7.05 Å². The normalized spacial score (nSPS) is 46.1. The highest BCUT2D eigenvalue weighted by Gasteiger charge is 2.43. The maximum absolute atomic E-state index is 11.1. The number of fused-ring (bicyclic) bond motifs is 1. The number of Topliss-reactive ketones (excluding diaryl/α,β-unsaturated/α-hetero) is 1. The third-order valence-electron chi connectivity index (χ3n) is 2.21. The van der Waals surface area contributed by atoms with Gasteiger partial charge in [-0.1, -0.05) is 0 Å². The van der Waals surface area contributed by atoms with Crippen LogP contribution >= 0.6 is 0 Å². The van der Waals surface area contributed by atoms with Crippen LogP contribution in [0.2, 0.25) is 0 Å². The van der Waals surface area contributed by atoms with Gasteiger partial charge in [-0.25, -0.2) is 0 Å². The zero-order valence-electron chi connectivity index (χ0n) is 5.68. The van der Waals surface area contributed by atoms with E-state index in [0.29, 0.717) is 12.6 Å². The van der Waals surface area contributed by atoms with Crippen molar-refractivity contribution in [3.63, 3.8) is 0 Å². The van der Waals surface area contributed by atoms with Gasteiger partial charge in [0.15, 0.2) is 6.04 Å². The highest BCUT2D eigenvalue weighted by Crippen LogP contribution is 2.01. The number of quaternary nitrogens is 1. The van der Waals surface area contributed by atoms with Crippen molar-refractivity contribution >= 4 is 5.78 Å². The Bertz CT molecular complexity index is 170. The van der Waals surface area contributed by atoms with Gasteiger partial charge in [0.1, 0.15) is 0 Å². The van der Waals surface area contributed by atoms with Crippen LogP contribution in [0.1, 0.15) is 0 Å². The monoisotopic (exact) mass is 141 g/mol. The zero-order valence-corrected chi connectivity index (χ0v) is 5.68. The van der Waals surface area contributed by atoms with E-state index in [1.165, 1.54) is 0 Å². The summed E-state index contributed by atoms with van der Waals surface area (Å²) in [6.07, 6.45) is 0. The highest BCUT2D eigenvalue weighted by molar-refractivity contribution is 5.87. The van der Waals surface area contributed by atoms with Crippen molar-refractivity contribution in [3.05, 3.63) is 7.05 Å². The summed E-state index contributed by atoms with van der Waals surface area (Å²) >= 11 is 0. The van der Waals surface area contributed by atoms with Crippen LogP contribution in [-0.2, 0) is 4.79 Å². The molecule has 2 fully saturated rings. The van der Waals surface area contributed by atoms with E-state index in [-0.39, 0.29) is 11.8 Å². The summed E-state index contributed by atoms with van der Waals surface area (Å²) in [5, 5.41) is 4.01. The Balaban J connectivity index is 2.19. The molecular formula is C6H11N3O. The van der Waals surface area contributed by atoms with Crippen LogP contribution in [0, 0.1) is 7.05 Å². The maximum atomic E-state index is 11.1. The third-order valence-corrected chi connectivity index (χ3v) is 2.21. The maximum Gasteiger partial charge on any atom is 0.204 e. The molecule has 4 nitrogen and oxygen atoms in total. The predicted molar refractivity (Wildman–Crippen MR) is 34.9 cm³/mol. The molecule has 2 rings (SSSR count). The van der Waals surface area contributed by atoms with Crippen molar-refractivity contribution in [3.8, 4) is 0 Å². The Morgan fingerprint density at radius 3 is 3.20 bits per heavy atom. The summed E-state index contributed by atoms with van der Waals surface area (Å²) in [5.74, 6) is 0.278. The Labute approximate surface area is 59.5 Å². The van der Waals surface area contributed by atoms with Crippen LogP contribution in [-0.4, -0.2) is 31.0 Å². The SMILES string of the molecule is [CH2-][NH+]1NCC2NCC(=O)C21. The van der Waals surface area contributed by atoms with Crippen molar-refractivity contribution < 1.29 is 9.80 Å². The van der Waals surface area contributed by atoms with Gasteiger partial charge in [0, 0.05) is 0 Å². The lowest BCUT2D eigenvalue weighted by molar-refractivity contribution is -0.902. The van der Waals surface area contributed by atoms with E-state index in [9.17, 15) is 4.79 Å². The molecule has 2 heterocycles. The largest absolute Gasteiger partial charge is 0.378 e. The molecule has 0 bridgehead atoms. The molecule has 0 aromatic rings. The Morgan fingerprint density at radius 1 is 1.70 bits per heavy atom. The van der Waals surface area contributed by atoms with E-state index >= 15 is 0 Å². The smallest absolute Gasteiger partial charge is 0.204 e. The van der Waals surface area contributed by atoms with Gasteiger partial charge in [0.2, 0.25) is 5.78 Å². The fraction of sp³-hybridized carbons (Fsp3) is 0.667. The van der Waals surface area contributed by atoms with Crippen molar-refractivity contribution in [1.82, 2.24) is 10.7 Å². The van der Waals surface area contributed by atoms with Gasteiger partial charge in [-0.3, -0.25) is 10.1 Å². The molecule has 3 atom stereocenters. The molecular weight excluding hydrogens is 130 g/mol. The molecule has 3 N–H and O–H groups in total. The average molecular weight is 141 g/mol. The van der Waals surface area contributed by atoms with E-state index in [0.717, 1.165) is 11.6 Å². The van der Waals surface area contributed by atoms with E-state index in [1.54, 1.807) is 0 Å². The molecule has 0 radical (unpaired) electrons. The molecule has 2 aliphatic heterocycles. The first-order valence-corrected chi connectivity index (χ1v) is 3.48. The molecule has 0 aromatic heterocycles. The molecule has 3 unspecified atom stereocenters. The van der Waals surface area contributed by atoms with Gasteiger partial charge in [-0.05, 0) is 0 Å². The second-order valence-electron chi connectivity index (χ2n) is 2.84. The van der Waals surface area contributed by atoms with Crippen molar-refractivity contribution in [2.45, 2.75) is 12.1 Å². The summed E-state index contributed by atoms with van der Waals surface area (Å²) in [6.45, 7) is 1.38. The van der Waals surface area contributed by atoms with Gasteiger partial charge in [-0.2, -0.15) is 5.43 Å². The summed E-state index contributed by atoms with van der Waals surface area (Å²) in [6, 6.07) is 0.375. The van der Waals surface area contributed by atoms with Crippen LogP contribution in [0.25, 0.3) is 0 Å². The highest BCUT2D eigenvalue weighted by atomic mass is 16.1. The first-order valence-electron chi connectivity index (χ1n) is 3.48. The van der Waals surface area contributed by atoms with E-state index < -0.39 is 0 Å². The second-order valence-corrected chi connectivity index (χ2v) is 2.84. The van der Waals surface area contributed by atoms with Gasteiger partial charge < -0.3 is 5.01 Å². The topological polar surface area (TPSA) is 45.6 Å². The Hall–Kier alpha value is -0.450. The molecule has 2 aliphatic rings. The first kappa shape index (κ1) is 6.27. The quantitative estimate of drug-likeness (QED) is 0.317. The number of rotatable bonds is 0. The number of hydrogen-bond acceptors (Lipinski definition) is 3. The molecule has 0 spiro atoms. The number of nitrogens with one attached hydrogen (secondary N) is 3. The van der Waals surface area contributed by atoms with Crippen molar-refractivity contribution in [2.75, 3.05) is 13.1 Å². The minimum atomic E-state index is 0.0556. The van der Waals surface area contributed by atoms with E-state index in [4.69, 9.17) is 0 Å². The van der Waals surface area contributed by atoms with Crippen LogP contribution in [0.4, 0.5) is 0 Å². The standard InChI is InChI=1S/C6H11N3O/c1-9-6-4(2-8-9)7-3-5(6)10/h4,6-9H,1-3H2. The van der Waals surface area contributed by atoms with E-state index in [1.807, 2.05) is 0 Å². The van der Waals surface area contributed by atoms with Crippen LogP contribution < -0.4 is 15.8 Å². The van der Waals surface area contributed by atoms with Gasteiger partial charge >= 0.3 is 0 Å². The Morgan fingerprint density at radius 2 is 2.50 bits per heavy atom. The summed E-state index contributed by atoms with van der Waals surface area (Å²) in [4.78, 5) is 11.1. The fourth-order valence-electron chi connectivity index (χ4n) is 1.66. The molecule has 10 heavy (non-hydrogen) atoms. The summed E-state index contributed by atoms with van der Waals surface area (Å²) < 4.78 is 0. The second kappa shape index (κ2) is 2.02. The molecule has 0 saturated carbocycles. The number of carbonyl (C=O) groups is 1. The van der Waals surface area contributed by atoms with Gasteiger partial charge in [0.05, 0.1) is 19.1 Å². The molecule has 2 saturated heterocycles. The lowest BCUT2D eigenvalue weighted by Gasteiger charge is -2.17.